The highest BCUT2D eigenvalue weighted by Crippen LogP contribution is 2.65. The van der Waals surface area contributed by atoms with Gasteiger partial charge >= 0.3 is 42.0 Å². The van der Waals surface area contributed by atoms with Crippen LogP contribution in [0.4, 0.5) is 13.2 Å². The minimum absolute atomic E-state index is 0.0149. The second-order valence-electron chi connectivity index (χ2n) is 13.1. The Labute approximate surface area is 310 Å². The monoisotopic (exact) mass is 779 g/mol. The molecule has 3 N–H and O–H groups in total. The van der Waals surface area contributed by atoms with Crippen molar-refractivity contribution < 1.29 is 85.7 Å². The SMILES string of the molecule is COc1ccc2c3c1O[C@H]1C(OC(=O)[C@H](OC(C)=O)[C@@H](OC(C)=O)C(=O)O[C@H](C(=O)O)c4ccccc4)=CC[C@@]4(O)[C@@H](C2)N(C)CC[C@]314.O=C(O)C(F)(F)F. The Hall–Kier alpha value is -5.69. The molecular formula is C36H36F3NO15. The van der Waals surface area contributed by atoms with Gasteiger partial charge in [0.05, 0.1) is 18.1 Å². The first-order chi connectivity index (χ1) is 25.8. The molecule has 19 heteroatoms. The first-order valence-corrected chi connectivity index (χ1v) is 16.6. The van der Waals surface area contributed by atoms with Crippen LogP contribution in [0.25, 0.3) is 0 Å². The normalized spacial score (nSPS) is 24.8. The van der Waals surface area contributed by atoms with E-state index >= 15 is 0 Å². The summed E-state index contributed by atoms with van der Waals surface area (Å²) in [7, 11) is 3.44. The number of aliphatic hydroxyl groups is 1. The molecule has 2 aromatic carbocycles. The summed E-state index contributed by atoms with van der Waals surface area (Å²) >= 11 is 0. The lowest BCUT2D eigenvalue weighted by Crippen LogP contribution is -2.74. The number of carboxylic acid groups (broad SMARTS) is 2. The van der Waals surface area contributed by atoms with Gasteiger partial charge in [-0.3, -0.25) is 9.59 Å². The number of esters is 4. The van der Waals surface area contributed by atoms with E-state index in [2.05, 4.69) is 4.90 Å². The maximum absolute atomic E-state index is 13.9. The fraction of sp³-hybridized carbons (Fsp3) is 0.444. The van der Waals surface area contributed by atoms with Crippen molar-refractivity contribution in [3.8, 4) is 11.5 Å². The Kier molecular flexibility index (Phi) is 11.2. The minimum Gasteiger partial charge on any atom is -0.493 e. The first kappa shape index (κ1) is 40.5. The van der Waals surface area contributed by atoms with Crippen molar-refractivity contribution in [1.29, 1.82) is 0 Å². The van der Waals surface area contributed by atoms with Crippen LogP contribution in [-0.2, 0) is 59.6 Å². The van der Waals surface area contributed by atoms with Gasteiger partial charge in [-0.2, -0.15) is 13.2 Å². The van der Waals surface area contributed by atoms with Gasteiger partial charge in [-0.25, -0.2) is 19.2 Å². The zero-order valence-electron chi connectivity index (χ0n) is 29.7. The second kappa shape index (κ2) is 15.2. The van der Waals surface area contributed by atoms with E-state index in [9.17, 15) is 47.4 Å². The quantitative estimate of drug-likeness (QED) is 0.233. The molecular weight excluding hydrogens is 743 g/mol. The van der Waals surface area contributed by atoms with Crippen LogP contribution in [0, 0.1) is 0 Å². The Bertz CT molecular complexity index is 1920. The van der Waals surface area contributed by atoms with Gasteiger partial charge in [0.15, 0.2) is 17.6 Å². The van der Waals surface area contributed by atoms with Crippen LogP contribution in [0.1, 0.15) is 49.5 Å². The lowest BCUT2D eigenvalue weighted by molar-refractivity contribution is -0.195. The average molecular weight is 780 g/mol. The number of benzene rings is 2. The largest absolute Gasteiger partial charge is 0.493 e. The third-order valence-corrected chi connectivity index (χ3v) is 9.90. The van der Waals surface area contributed by atoms with Gasteiger partial charge in [-0.05, 0) is 44.1 Å². The van der Waals surface area contributed by atoms with Crippen LogP contribution in [0.3, 0.4) is 0 Å². The van der Waals surface area contributed by atoms with E-state index in [1.54, 1.807) is 12.1 Å². The molecule has 0 unspecified atom stereocenters. The molecule has 0 amide bonds. The lowest BCUT2D eigenvalue weighted by atomic mass is 9.50. The van der Waals surface area contributed by atoms with E-state index in [0.29, 0.717) is 30.9 Å². The fourth-order valence-corrected chi connectivity index (χ4v) is 7.66. The second-order valence-corrected chi connectivity index (χ2v) is 13.1. The summed E-state index contributed by atoms with van der Waals surface area (Å²) < 4.78 is 65.1. The van der Waals surface area contributed by atoms with Gasteiger partial charge in [0, 0.05) is 37.4 Å². The van der Waals surface area contributed by atoms with E-state index in [1.807, 2.05) is 13.1 Å². The van der Waals surface area contributed by atoms with Crippen LogP contribution in [-0.4, -0.2) is 113 Å². The number of ether oxygens (including phenoxy) is 6. The van der Waals surface area contributed by atoms with Gasteiger partial charge in [0.2, 0.25) is 18.3 Å². The minimum atomic E-state index is -5.08. The predicted molar refractivity (Wildman–Crippen MR) is 175 cm³/mol. The molecule has 1 saturated heterocycles. The number of hydrogen-bond donors (Lipinski definition) is 3. The van der Waals surface area contributed by atoms with Crippen molar-refractivity contribution in [3.63, 3.8) is 0 Å². The summed E-state index contributed by atoms with van der Waals surface area (Å²) in [5.74, 6) is -8.34. The van der Waals surface area contributed by atoms with Gasteiger partial charge in [0.1, 0.15) is 5.76 Å². The van der Waals surface area contributed by atoms with Crippen molar-refractivity contribution in [2.75, 3.05) is 20.7 Å². The molecule has 1 fully saturated rings. The third kappa shape index (κ3) is 7.40. The highest BCUT2D eigenvalue weighted by molar-refractivity contribution is 5.90. The topological polar surface area (TPSA) is 222 Å². The van der Waals surface area contributed by atoms with E-state index in [-0.39, 0.29) is 23.8 Å². The van der Waals surface area contributed by atoms with Crippen LogP contribution in [0.5, 0.6) is 11.5 Å². The first-order valence-electron chi connectivity index (χ1n) is 16.6. The van der Waals surface area contributed by atoms with Crippen molar-refractivity contribution in [1.82, 2.24) is 4.90 Å². The Balaban J connectivity index is 0.000000757. The molecule has 7 atom stereocenters. The zero-order valence-corrected chi connectivity index (χ0v) is 29.7. The molecule has 4 aliphatic rings. The van der Waals surface area contributed by atoms with Crippen molar-refractivity contribution >= 4 is 35.8 Å². The molecule has 0 saturated carbocycles. The van der Waals surface area contributed by atoms with E-state index in [1.165, 1.54) is 37.5 Å². The summed E-state index contributed by atoms with van der Waals surface area (Å²) in [6.45, 7) is 2.51. The van der Waals surface area contributed by atoms with Crippen LogP contribution >= 0.6 is 0 Å². The number of likely N-dealkylation sites (N-methyl/N-ethyl adjacent to an activating group) is 1. The lowest BCUT2D eigenvalue weighted by Gasteiger charge is -2.61. The number of carbonyl (C=O) groups is 6. The molecule has 2 bridgehead atoms. The summed E-state index contributed by atoms with van der Waals surface area (Å²) in [4.78, 5) is 74.7. The summed E-state index contributed by atoms with van der Waals surface area (Å²) in [6.07, 6.45) is -9.79. The van der Waals surface area contributed by atoms with Crippen LogP contribution < -0.4 is 9.47 Å². The van der Waals surface area contributed by atoms with E-state index < -0.39 is 77.4 Å². The number of hydrogen-bond acceptors (Lipinski definition) is 14. The van der Waals surface area contributed by atoms with E-state index in [0.717, 1.165) is 25.0 Å². The van der Waals surface area contributed by atoms with Crippen molar-refractivity contribution in [2.45, 2.75) is 80.8 Å². The molecule has 1 spiro atoms. The van der Waals surface area contributed by atoms with E-state index in [4.69, 9.17) is 38.3 Å². The maximum atomic E-state index is 13.9. The molecule has 296 valence electrons. The highest BCUT2D eigenvalue weighted by atomic mass is 19.4. The molecule has 0 radical (unpaired) electrons. The third-order valence-electron chi connectivity index (χ3n) is 9.90. The number of alkyl halides is 3. The molecule has 0 aromatic heterocycles. The van der Waals surface area contributed by atoms with Gasteiger partial charge in [0.25, 0.3) is 0 Å². The van der Waals surface area contributed by atoms with Crippen molar-refractivity contribution in [2.24, 2.45) is 0 Å². The molecule has 6 rings (SSSR count). The summed E-state index contributed by atoms with van der Waals surface area (Å²) in [5, 5.41) is 29.3. The molecule has 16 nitrogen and oxygen atoms in total. The molecule has 2 aliphatic heterocycles. The van der Waals surface area contributed by atoms with Crippen LogP contribution in [0.2, 0.25) is 0 Å². The van der Waals surface area contributed by atoms with Gasteiger partial charge < -0.3 is 48.6 Å². The number of aliphatic carboxylic acids is 2. The standard InChI is InChI=1S/C34H35NO13.C2HF3O2/c1-17(36)44-27(28(45-18(2)37)32(41)48-25(30(38)39)19-8-6-5-7-9-19)31(40)46-22-12-13-34(42)23-16-20-10-11-21(43-4)26-24(20)33(34,29(22)47-26)14-15-35(23)3;3-2(4,5)1(6)7/h5-12,23,25,27-29,42H,13-16H2,1-4H3,(H,38,39);(H,6,7)/t23-,25+,27-,28-,29+,33+,34-;/m1./s1. The van der Waals surface area contributed by atoms with Crippen LogP contribution in [0.15, 0.2) is 54.3 Å². The molecule has 2 aromatic rings. The Morgan fingerprint density at radius 3 is 2.07 bits per heavy atom. The van der Waals surface area contributed by atoms with Gasteiger partial charge in [-0.1, -0.05) is 36.4 Å². The van der Waals surface area contributed by atoms with Crippen molar-refractivity contribution in [3.05, 3.63) is 71.0 Å². The number of carbonyl (C=O) groups excluding carboxylic acids is 4. The average Bonchev–Trinajstić information content (AvgIpc) is 3.47. The molecule has 2 heterocycles. The number of nitrogens with zero attached hydrogens (tertiary/aromatic N) is 1. The number of carboxylic acids is 2. The van der Waals surface area contributed by atoms with Gasteiger partial charge in [-0.15, -0.1) is 0 Å². The Morgan fingerprint density at radius 2 is 1.53 bits per heavy atom. The highest BCUT2D eigenvalue weighted by Gasteiger charge is 2.72. The Morgan fingerprint density at radius 1 is 0.927 bits per heavy atom. The summed E-state index contributed by atoms with van der Waals surface area (Å²) in [5.41, 5.74) is -0.528. The fourth-order valence-electron chi connectivity index (χ4n) is 7.66. The number of rotatable bonds is 10. The summed E-state index contributed by atoms with van der Waals surface area (Å²) in [6, 6.07) is 10.9. The molecule has 2 aliphatic carbocycles. The number of methoxy groups -OCH3 is 1. The number of piperidine rings is 1. The number of halogens is 3. The zero-order chi connectivity index (χ0) is 40.6. The predicted octanol–water partition coefficient (Wildman–Crippen LogP) is 2.38. The maximum Gasteiger partial charge on any atom is 0.490 e. The molecule has 55 heavy (non-hydrogen) atoms. The number of likely N-dealkylation sites (tertiary alicyclic amines) is 1. The smallest absolute Gasteiger partial charge is 0.490 e.